The van der Waals surface area contributed by atoms with Crippen molar-refractivity contribution in [3.8, 4) is 34.6 Å². The number of aromatic hydroxyl groups is 1. The average Bonchev–Trinajstić information content (AvgIpc) is 2.88. The molecule has 0 aliphatic carbocycles. The van der Waals surface area contributed by atoms with E-state index in [0.29, 0.717) is 11.3 Å². The number of ether oxygens (including phenoxy) is 3. The number of aromatic nitrogens is 2. The Bertz CT molecular complexity index is 1500. The fourth-order valence-corrected chi connectivity index (χ4v) is 3.55. The number of methoxy groups -OCH3 is 2. The zero-order valence-electron chi connectivity index (χ0n) is 18.6. The van der Waals surface area contributed by atoms with Gasteiger partial charge in [-0.15, -0.1) is 0 Å². The number of hydrogen-bond donors (Lipinski definition) is 2. The predicted octanol–water partition coefficient (Wildman–Crippen LogP) is 3.82. The SMILES string of the molecule is COC(=O)c1nc2nc(Oc3ccccc3)c(C#N)c(-c3ccc(O)cc3)c2c(N)c1C(=O)OC. The van der Waals surface area contributed by atoms with Crippen molar-refractivity contribution >= 4 is 28.7 Å². The van der Waals surface area contributed by atoms with Crippen molar-refractivity contribution in [2.24, 2.45) is 0 Å². The summed E-state index contributed by atoms with van der Waals surface area (Å²) >= 11 is 0. The van der Waals surface area contributed by atoms with Crippen LogP contribution < -0.4 is 10.5 Å². The van der Waals surface area contributed by atoms with Crippen LogP contribution in [-0.4, -0.2) is 41.2 Å². The van der Waals surface area contributed by atoms with Gasteiger partial charge in [0.2, 0.25) is 5.88 Å². The summed E-state index contributed by atoms with van der Waals surface area (Å²) in [5.41, 5.74) is 6.13. The summed E-state index contributed by atoms with van der Waals surface area (Å²) in [5.74, 6) is -1.54. The predicted molar refractivity (Wildman–Crippen MR) is 125 cm³/mol. The number of phenols is 1. The Morgan fingerprint density at radius 3 is 2.23 bits per heavy atom. The molecule has 0 aliphatic rings. The fraction of sp³-hybridized carbons (Fsp3) is 0.0800. The molecule has 35 heavy (non-hydrogen) atoms. The number of nitrogens with zero attached hydrogens (tertiary/aromatic N) is 3. The van der Waals surface area contributed by atoms with Crippen molar-refractivity contribution < 1.29 is 28.9 Å². The smallest absolute Gasteiger partial charge is 0.357 e. The van der Waals surface area contributed by atoms with Gasteiger partial charge in [-0.2, -0.15) is 10.2 Å². The third-order valence-corrected chi connectivity index (χ3v) is 5.13. The largest absolute Gasteiger partial charge is 0.508 e. The molecule has 0 saturated carbocycles. The molecule has 2 aromatic heterocycles. The second kappa shape index (κ2) is 9.36. The molecule has 0 fully saturated rings. The number of hydrogen-bond acceptors (Lipinski definition) is 10. The van der Waals surface area contributed by atoms with Crippen LogP contribution in [0.5, 0.6) is 17.4 Å². The van der Waals surface area contributed by atoms with Crippen molar-refractivity contribution in [3.05, 3.63) is 71.4 Å². The highest BCUT2D eigenvalue weighted by molar-refractivity contribution is 6.15. The Hall–Kier alpha value is -5.17. The van der Waals surface area contributed by atoms with E-state index in [1.165, 1.54) is 12.1 Å². The first-order chi connectivity index (χ1) is 16.9. The summed E-state index contributed by atoms with van der Waals surface area (Å²) in [6.45, 7) is 0. The van der Waals surface area contributed by atoms with Crippen molar-refractivity contribution in [2.45, 2.75) is 0 Å². The topological polar surface area (TPSA) is 158 Å². The van der Waals surface area contributed by atoms with Gasteiger partial charge in [0.25, 0.3) is 0 Å². The quantitative estimate of drug-likeness (QED) is 0.411. The maximum atomic E-state index is 12.6. The molecule has 4 rings (SSSR count). The lowest BCUT2D eigenvalue weighted by Crippen LogP contribution is -2.18. The number of nitrogens with two attached hydrogens (primary N) is 1. The van der Waals surface area contributed by atoms with Gasteiger partial charge in [0.05, 0.1) is 25.3 Å². The molecule has 10 nitrogen and oxygen atoms in total. The number of carbonyl (C=O) groups is 2. The third kappa shape index (κ3) is 4.14. The molecule has 0 atom stereocenters. The molecular weight excluding hydrogens is 452 g/mol. The maximum Gasteiger partial charge on any atom is 0.357 e. The van der Waals surface area contributed by atoms with E-state index in [1.807, 2.05) is 0 Å². The molecule has 10 heteroatoms. The van der Waals surface area contributed by atoms with E-state index >= 15 is 0 Å². The first kappa shape index (κ1) is 23.0. The van der Waals surface area contributed by atoms with Crippen LogP contribution in [0.15, 0.2) is 54.6 Å². The lowest BCUT2D eigenvalue weighted by molar-refractivity contribution is 0.0551. The first-order valence-electron chi connectivity index (χ1n) is 10.2. The number of esters is 2. The Balaban J connectivity index is 2.16. The van der Waals surface area contributed by atoms with Crippen LogP contribution in [0.3, 0.4) is 0 Å². The van der Waals surface area contributed by atoms with E-state index in [-0.39, 0.29) is 45.0 Å². The van der Waals surface area contributed by atoms with Crippen molar-refractivity contribution in [3.63, 3.8) is 0 Å². The zero-order chi connectivity index (χ0) is 25.1. The van der Waals surface area contributed by atoms with Gasteiger partial charge in [0.1, 0.15) is 28.7 Å². The van der Waals surface area contributed by atoms with Crippen molar-refractivity contribution in [1.82, 2.24) is 9.97 Å². The van der Waals surface area contributed by atoms with E-state index in [0.717, 1.165) is 14.2 Å². The molecule has 2 aromatic carbocycles. The number of benzene rings is 2. The minimum absolute atomic E-state index is 0.000651. The lowest BCUT2D eigenvalue weighted by Gasteiger charge is -2.17. The molecule has 0 aliphatic heterocycles. The van der Waals surface area contributed by atoms with Gasteiger partial charge in [0, 0.05) is 5.56 Å². The van der Waals surface area contributed by atoms with E-state index in [4.69, 9.17) is 19.9 Å². The van der Waals surface area contributed by atoms with Crippen LogP contribution in [0.1, 0.15) is 26.4 Å². The second-order valence-electron chi connectivity index (χ2n) is 7.17. The number of carbonyl (C=O) groups excluding carboxylic acids is 2. The molecule has 0 saturated heterocycles. The van der Waals surface area contributed by atoms with Gasteiger partial charge in [0.15, 0.2) is 11.3 Å². The Labute approximate surface area is 199 Å². The first-order valence-corrected chi connectivity index (χ1v) is 10.2. The molecule has 0 unspecified atom stereocenters. The fourth-order valence-electron chi connectivity index (χ4n) is 3.55. The number of nitrogen functional groups attached to an aromatic ring is 1. The van der Waals surface area contributed by atoms with Gasteiger partial charge in [-0.3, -0.25) is 0 Å². The zero-order valence-corrected chi connectivity index (χ0v) is 18.6. The number of anilines is 1. The van der Waals surface area contributed by atoms with Gasteiger partial charge in [-0.05, 0) is 29.8 Å². The van der Waals surface area contributed by atoms with Gasteiger partial charge < -0.3 is 25.1 Å². The van der Waals surface area contributed by atoms with Gasteiger partial charge in [-0.25, -0.2) is 14.6 Å². The molecule has 0 spiro atoms. The van der Waals surface area contributed by atoms with E-state index in [2.05, 4.69) is 16.0 Å². The van der Waals surface area contributed by atoms with Crippen LogP contribution in [0.2, 0.25) is 0 Å². The Kier molecular flexibility index (Phi) is 6.16. The highest BCUT2D eigenvalue weighted by Crippen LogP contribution is 2.41. The van der Waals surface area contributed by atoms with E-state index in [9.17, 15) is 20.0 Å². The summed E-state index contributed by atoms with van der Waals surface area (Å²) < 4.78 is 15.5. The number of para-hydroxylation sites is 1. The lowest BCUT2D eigenvalue weighted by atomic mass is 9.94. The summed E-state index contributed by atoms with van der Waals surface area (Å²) in [5, 5.41) is 20.0. The van der Waals surface area contributed by atoms with Gasteiger partial charge in [-0.1, -0.05) is 30.3 Å². The third-order valence-electron chi connectivity index (χ3n) is 5.13. The number of nitriles is 1. The number of pyridine rings is 2. The highest BCUT2D eigenvalue weighted by Gasteiger charge is 2.30. The van der Waals surface area contributed by atoms with Crippen LogP contribution in [0.4, 0.5) is 5.69 Å². The highest BCUT2D eigenvalue weighted by atomic mass is 16.5. The summed E-state index contributed by atoms with van der Waals surface area (Å²) in [4.78, 5) is 33.7. The molecular formula is C25H18N4O6. The van der Waals surface area contributed by atoms with Crippen LogP contribution in [0.25, 0.3) is 22.2 Å². The molecule has 2 heterocycles. The molecule has 0 amide bonds. The van der Waals surface area contributed by atoms with Crippen LogP contribution in [0, 0.1) is 11.3 Å². The van der Waals surface area contributed by atoms with Crippen molar-refractivity contribution in [1.29, 1.82) is 5.26 Å². The average molecular weight is 470 g/mol. The van der Waals surface area contributed by atoms with Crippen LogP contribution >= 0.6 is 0 Å². The molecule has 3 N–H and O–H groups in total. The number of rotatable bonds is 5. The normalized spacial score (nSPS) is 10.4. The van der Waals surface area contributed by atoms with Crippen molar-refractivity contribution in [2.75, 3.05) is 20.0 Å². The molecule has 174 valence electrons. The minimum Gasteiger partial charge on any atom is -0.508 e. The summed E-state index contributed by atoms with van der Waals surface area (Å²) in [6, 6.07) is 16.7. The monoisotopic (exact) mass is 470 g/mol. The molecule has 4 aromatic rings. The summed E-state index contributed by atoms with van der Waals surface area (Å²) in [7, 11) is 2.26. The Morgan fingerprint density at radius 1 is 0.971 bits per heavy atom. The second-order valence-corrected chi connectivity index (χ2v) is 7.17. The minimum atomic E-state index is -0.929. The van der Waals surface area contributed by atoms with Gasteiger partial charge >= 0.3 is 11.9 Å². The maximum absolute atomic E-state index is 12.6. The Morgan fingerprint density at radius 2 is 1.63 bits per heavy atom. The number of fused-ring (bicyclic) bond motifs is 1. The molecule has 0 bridgehead atoms. The summed E-state index contributed by atoms with van der Waals surface area (Å²) in [6.07, 6.45) is 0. The van der Waals surface area contributed by atoms with E-state index < -0.39 is 17.6 Å². The number of phenolic OH excluding ortho intramolecular Hbond substituents is 1. The molecule has 0 radical (unpaired) electrons. The van der Waals surface area contributed by atoms with E-state index in [1.54, 1.807) is 42.5 Å². The van der Waals surface area contributed by atoms with Crippen LogP contribution in [-0.2, 0) is 9.47 Å². The standard InChI is InChI=1S/C25H18N4O6/c1-33-24(31)19-20(27)18-17(13-8-10-14(30)11-9-13)16(12-26)23(35-15-6-4-3-5-7-15)29-22(18)28-21(19)25(32)34-2/h3-11,30H,1-2H3,(H2,27,28,29).